The number of allylic oxidation sites excluding steroid dienone is 1. The molecule has 0 aromatic rings. The maximum absolute atomic E-state index is 5.62. The van der Waals surface area contributed by atoms with E-state index >= 15 is 0 Å². The number of methoxy groups -OCH3 is 2. The van der Waals surface area contributed by atoms with E-state index in [4.69, 9.17) is 13.9 Å². The van der Waals surface area contributed by atoms with Gasteiger partial charge in [-0.15, -0.1) is 6.58 Å². The van der Waals surface area contributed by atoms with Gasteiger partial charge in [0.15, 0.2) is 16.1 Å². The van der Waals surface area contributed by atoms with E-state index in [1.807, 2.05) is 6.08 Å². The van der Waals surface area contributed by atoms with Crippen molar-refractivity contribution in [1.29, 1.82) is 0 Å². The molecule has 0 bridgehead atoms. The Morgan fingerprint density at radius 3 is 2.22 bits per heavy atom. The zero-order valence-electron chi connectivity index (χ0n) is 12.2. The monoisotopic (exact) mass is 274 g/mol. The van der Waals surface area contributed by atoms with Gasteiger partial charge in [0.1, 0.15) is 0 Å². The summed E-state index contributed by atoms with van der Waals surface area (Å²) in [4.78, 5) is 0. The summed E-state index contributed by atoms with van der Waals surface area (Å²) in [7, 11) is 2.92. The van der Waals surface area contributed by atoms with Gasteiger partial charge in [0.05, 0.1) is 6.61 Å². The van der Waals surface area contributed by atoms with Gasteiger partial charge in [0.25, 0.3) is 0 Å². The third-order valence-corrected chi connectivity index (χ3v) is 4.29. The number of hydrogen-bond donors (Lipinski definition) is 0. The molecule has 0 saturated carbocycles. The van der Waals surface area contributed by atoms with Crippen molar-refractivity contribution in [1.82, 2.24) is 0 Å². The van der Waals surface area contributed by atoms with Crippen LogP contribution in [0.3, 0.4) is 0 Å². The Morgan fingerprint density at radius 2 is 1.61 bits per heavy atom. The van der Waals surface area contributed by atoms with Crippen molar-refractivity contribution >= 4 is 9.76 Å². The van der Waals surface area contributed by atoms with Crippen LogP contribution >= 0.6 is 0 Å². The number of ether oxygens (including phenoxy) is 2. The summed E-state index contributed by atoms with van der Waals surface area (Å²) in [5.74, 6) is 0. The van der Waals surface area contributed by atoms with Crippen molar-refractivity contribution in [2.45, 2.75) is 57.3 Å². The highest BCUT2D eigenvalue weighted by molar-refractivity contribution is 6.26. The molecule has 0 N–H and O–H groups in total. The van der Waals surface area contributed by atoms with E-state index < -0.39 is 0 Å². The smallest absolute Gasteiger partial charge is 0.178 e. The molecule has 18 heavy (non-hydrogen) atoms. The highest BCUT2D eigenvalue weighted by Gasteiger charge is 2.03. The molecule has 0 saturated heterocycles. The van der Waals surface area contributed by atoms with Gasteiger partial charge in [-0.3, -0.25) is 0 Å². The molecule has 0 atom stereocenters. The molecule has 0 aromatic heterocycles. The zero-order valence-corrected chi connectivity index (χ0v) is 13.6. The first-order valence-corrected chi connectivity index (χ1v) is 8.67. The number of hydrogen-bond acceptors (Lipinski definition) is 3. The molecule has 0 fully saturated rings. The summed E-state index contributed by atoms with van der Waals surface area (Å²) in [6.45, 7) is 4.32. The lowest BCUT2D eigenvalue weighted by Crippen LogP contribution is -2.21. The average Bonchev–Trinajstić information content (AvgIpc) is 2.40. The molecule has 0 spiro atoms. The fourth-order valence-corrected chi connectivity index (χ4v) is 2.91. The molecular weight excluding hydrogens is 244 g/mol. The highest BCUT2D eigenvalue weighted by atomic mass is 28.2. The van der Waals surface area contributed by atoms with Crippen LogP contribution in [0.1, 0.15) is 44.9 Å². The van der Waals surface area contributed by atoms with Crippen molar-refractivity contribution in [2.24, 2.45) is 0 Å². The van der Waals surface area contributed by atoms with Crippen LogP contribution in [0.2, 0.25) is 6.04 Å². The van der Waals surface area contributed by atoms with E-state index in [0.717, 1.165) is 0 Å². The van der Waals surface area contributed by atoms with Crippen LogP contribution in [0.25, 0.3) is 0 Å². The number of rotatable bonds is 14. The van der Waals surface area contributed by atoms with E-state index in [2.05, 4.69) is 6.58 Å². The van der Waals surface area contributed by atoms with E-state index in [-0.39, 0.29) is 16.1 Å². The zero-order chi connectivity index (χ0) is 13.5. The van der Waals surface area contributed by atoms with Gasteiger partial charge in [-0.1, -0.05) is 38.2 Å². The second-order valence-electron chi connectivity index (χ2n) is 4.53. The van der Waals surface area contributed by atoms with Crippen LogP contribution in [0.5, 0.6) is 0 Å². The third-order valence-electron chi connectivity index (χ3n) is 2.98. The Bertz CT molecular complexity index is 172. The predicted molar refractivity (Wildman–Crippen MR) is 79.6 cm³/mol. The van der Waals surface area contributed by atoms with Crippen molar-refractivity contribution in [3.8, 4) is 0 Å². The first kappa shape index (κ1) is 17.8. The maximum atomic E-state index is 5.62. The maximum Gasteiger partial charge on any atom is 0.178 e. The first-order valence-electron chi connectivity index (χ1n) is 7.09. The molecule has 0 amide bonds. The van der Waals surface area contributed by atoms with Gasteiger partial charge < -0.3 is 13.9 Å². The van der Waals surface area contributed by atoms with Gasteiger partial charge in [-0.25, -0.2) is 0 Å². The molecule has 0 aliphatic rings. The summed E-state index contributed by atoms with van der Waals surface area (Å²) in [6, 6.07) is 1.27. The van der Waals surface area contributed by atoms with E-state index in [0.29, 0.717) is 6.61 Å². The standard InChI is InChI=1S/C14H30O3Si/c1-4-5-6-7-8-9-10-11-12-18-17-13-14(15-2)16-3/h4,14H,1,5-13,18H2,2-3H3. The third kappa shape index (κ3) is 12.3. The Balaban J connectivity index is 3.05. The first-order chi connectivity index (χ1) is 8.85. The van der Waals surface area contributed by atoms with E-state index in [9.17, 15) is 0 Å². The fraction of sp³-hybridized carbons (Fsp3) is 0.857. The SMILES string of the molecule is C=CCCCCCCCC[SiH2]OCC(OC)OC. The molecule has 3 nitrogen and oxygen atoms in total. The Labute approximate surface area is 115 Å². The predicted octanol–water partition coefficient (Wildman–Crippen LogP) is 3.04. The second kappa shape index (κ2) is 14.9. The highest BCUT2D eigenvalue weighted by Crippen LogP contribution is 2.08. The van der Waals surface area contributed by atoms with Crippen molar-refractivity contribution < 1.29 is 13.9 Å². The quantitative estimate of drug-likeness (QED) is 0.211. The normalized spacial score (nSPS) is 11.7. The molecule has 4 heteroatoms. The summed E-state index contributed by atoms with van der Waals surface area (Å²) >= 11 is 0. The largest absolute Gasteiger partial charge is 0.419 e. The van der Waals surface area contributed by atoms with Crippen molar-refractivity contribution in [2.75, 3.05) is 20.8 Å². The molecule has 0 aliphatic carbocycles. The molecule has 108 valence electrons. The van der Waals surface area contributed by atoms with Crippen molar-refractivity contribution in [3.05, 3.63) is 12.7 Å². The summed E-state index contributed by atoms with van der Waals surface area (Å²) in [6.07, 6.45) is 11.0. The van der Waals surface area contributed by atoms with Crippen LogP contribution in [0.4, 0.5) is 0 Å². The lowest BCUT2D eigenvalue weighted by atomic mass is 10.1. The molecule has 0 heterocycles. The molecule has 0 radical (unpaired) electrons. The molecule has 0 rings (SSSR count). The Hall–Kier alpha value is -0.163. The van der Waals surface area contributed by atoms with Crippen LogP contribution in [-0.2, 0) is 13.9 Å². The average molecular weight is 274 g/mol. The van der Waals surface area contributed by atoms with Gasteiger partial charge in [-0.2, -0.15) is 0 Å². The lowest BCUT2D eigenvalue weighted by Gasteiger charge is -2.13. The molecular formula is C14H30O3Si. The Kier molecular flexibility index (Phi) is 14.8. The van der Waals surface area contributed by atoms with Crippen molar-refractivity contribution in [3.63, 3.8) is 0 Å². The van der Waals surface area contributed by atoms with Crippen LogP contribution in [0.15, 0.2) is 12.7 Å². The van der Waals surface area contributed by atoms with Crippen LogP contribution < -0.4 is 0 Å². The minimum absolute atomic E-state index is 0.192. The second-order valence-corrected chi connectivity index (χ2v) is 6.05. The Morgan fingerprint density at radius 1 is 1.00 bits per heavy atom. The van der Waals surface area contributed by atoms with Gasteiger partial charge in [0, 0.05) is 14.2 Å². The fourth-order valence-electron chi connectivity index (χ4n) is 1.79. The van der Waals surface area contributed by atoms with E-state index in [1.165, 1.54) is 51.0 Å². The molecule has 0 unspecified atom stereocenters. The van der Waals surface area contributed by atoms with Gasteiger partial charge in [-0.05, 0) is 18.9 Å². The summed E-state index contributed by atoms with van der Waals surface area (Å²) in [5, 5.41) is 0. The minimum atomic E-state index is -0.371. The van der Waals surface area contributed by atoms with Crippen LogP contribution in [-0.4, -0.2) is 36.9 Å². The molecule has 0 aromatic carbocycles. The van der Waals surface area contributed by atoms with Gasteiger partial charge in [0.2, 0.25) is 0 Å². The topological polar surface area (TPSA) is 27.7 Å². The minimum Gasteiger partial charge on any atom is -0.419 e. The summed E-state index contributed by atoms with van der Waals surface area (Å²) < 4.78 is 15.7. The van der Waals surface area contributed by atoms with Gasteiger partial charge >= 0.3 is 0 Å². The van der Waals surface area contributed by atoms with Crippen LogP contribution in [0, 0.1) is 0 Å². The molecule has 0 aliphatic heterocycles. The summed E-state index contributed by atoms with van der Waals surface area (Å²) in [5.41, 5.74) is 0. The number of unbranched alkanes of at least 4 members (excludes halogenated alkanes) is 6. The van der Waals surface area contributed by atoms with E-state index in [1.54, 1.807) is 14.2 Å². The lowest BCUT2D eigenvalue weighted by molar-refractivity contribution is -0.121.